The third-order valence-corrected chi connectivity index (χ3v) is 2.69. The van der Waals surface area contributed by atoms with Gasteiger partial charge in [0.1, 0.15) is 11.8 Å². The normalized spacial score (nSPS) is 11.9. The average Bonchev–Trinajstić information content (AvgIpc) is 2.29. The Balaban J connectivity index is 0.00000256. The molecule has 1 aromatic rings. The SMILES string of the molecule is Br.CC[N+](C)(C)c1cccc(OC([O-])=NC)c1. The summed E-state index contributed by atoms with van der Waals surface area (Å²) in [5, 5.41) is 11.0. The predicted octanol–water partition coefficient (Wildman–Crippen LogP) is 1.58. The standard InChI is InChI=1S/C12H18N2O2.BrH/c1-5-14(3,4)10-7-6-8-11(9-10)16-12(15)13-2;/h6-9H,5H2,1-4H3;1H. The van der Waals surface area contributed by atoms with Crippen molar-refractivity contribution in [1.29, 1.82) is 0 Å². The first-order valence-corrected chi connectivity index (χ1v) is 5.25. The second-order valence-electron chi connectivity index (χ2n) is 4.09. The first-order valence-electron chi connectivity index (χ1n) is 5.25. The molecule has 0 unspecified atom stereocenters. The second kappa shape index (κ2) is 6.61. The highest BCUT2D eigenvalue weighted by atomic mass is 79.9. The summed E-state index contributed by atoms with van der Waals surface area (Å²) in [6.45, 7) is 3.08. The van der Waals surface area contributed by atoms with Crippen LogP contribution < -0.4 is 14.3 Å². The summed E-state index contributed by atoms with van der Waals surface area (Å²) in [7, 11) is 5.62. The highest BCUT2D eigenvalue weighted by Gasteiger charge is 2.15. The molecule has 0 radical (unpaired) electrons. The molecule has 0 aliphatic heterocycles. The Morgan fingerprint density at radius 1 is 1.41 bits per heavy atom. The molecule has 0 fully saturated rings. The summed E-state index contributed by atoms with van der Waals surface area (Å²) >= 11 is 0. The van der Waals surface area contributed by atoms with Crippen molar-refractivity contribution in [3.05, 3.63) is 24.3 Å². The summed E-state index contributed by atoms with van der Waals surface area (Å²) in [4.78, 5) is 3.43. The maximum Gasteiger partial charge on any atom is 0.149 e. The Kier molecular flexibility index (Phi) is 6.20. The van der Waals surface area contributed by atoms with Gasteiger partial charge in [-0.2, -0.15) is 0 Å². The molecule has 5 heteroatoms. The zero-order valence-corrected chi connectivity index (χ0v) is 12.3. The fourth-order valence-corrected chi connectivity index (χ4v) is 1.25. The van der Waals surface area contributed by atoms with Gasteiger partial charge >= 0.3 is 0 Å². The van der Waals surface area contributed by atoms with Gasteiger partial charge in [-0.05, 0) is 19.1 Å². The molecular formula is C12H19BrN2O2. The highest BCUT2D eigenvalue weighted by Crippen LogP contribution is 2.23. The zero-order valence-electron chi connectivity index (χ0n) is 10.6. The lowest BCUT2D eigenvalue weighted by atomic mass is 10.2. The third-order valence-electron chi connectivity index (χ3n) is 2.69. The molecule has 0 atom stereocenters. The van der Waals surface area contributed by atoms with Crippen LogP contribution in [0.1, 0.15) is 6.92 Å². The van der Waals surface area contributed by atoms with Gasteiger partial charge in [0.2, 0.25) is 0 Å². The van der Waals surface area contributed by atoms with E-state index >= 15 is 0 Å². The summed E-state index contributed by atoms with van der Waals surface area (Å²) in [5.74, 6) is 0.535. The van der Waals surface area contributed by atoms with Crippen LogP contribution in [0.25, 0.3) is 0 Å². The Morgan fingerprint density at radius 2 is 2.06 bits per heavy atom. The van der Waals surface area contributed by atoms with E-state index in [4.69, 9.17) is 4.74 Å². The van der Waals surface area contributed by atoms with Crippen molar-refractivity contribution in [2.75, 3.05) is 27.7 Å². The number of benzene rings is 1. The van der Waals surface area contributed by atoms with Crippen molar-refractivity contribution in [2.24, 2.45) is 4.99 Å². The summed E-state index contributed by atoms with van der Waals surface area (Å²) < 4.78 is 5.77. The Morgan fingerprint density at radius 3 is 2.59 bits per heavy atom. The van der Waals surface area contributed by atoms with Crippen molar-refractivity contribution in [3.8, 4) is 5.75 Å². The van der Waals surface area contributed by atoms with Crippen LogP contribution in [0.15, 0.2) is 29.3 Å². The molecule has 0 amide bonds. The number of halogens is 1. The van der Waals surface area contributed by atoms with E-state index in [2.05, 4.69) is 26.0 Å². The maximum absolute atomic E-state index is 11.0. The molecule has 1 rings (SSSR count). The van der Waals surface area contributed by atoms with Crippen LogP contribution in [0.2, 0.25) is 0 Å². The van der Waals surface area contributed by atoms with Gasteiger partial charge in [0.15, 0.2) is 0 Å². The molecule has 0 N–H and O–H groups in total. The van der Waals surface area contributed by atoms with Gasteiger partial charge in [-0.1, -0.05) is 6.07 Å². The molecule has 0 aliphatic rings. The number of quaternary nitrogens is 1. The molecule has 0 saturated carbocycles. The lowest BCUT2D eigenvalue weighted by Gasteiger charge is -2.28. The number of hydrogen-bond donors (Lipinski definition) is 0. The highest BCUT2D eigenvalue weighted by molar-refractivity contribution is 8.93. The number of aliphatic imine (C=N–C) groups is 1. The van der Waals surface area contributed by atoms with Gasteiger partial charge in [-0.3, -0.25) is 9.48 Å². The largest absolute Gasteiger partial charge is 0.566 e. The minimum absolute atomic E-state index is 0. The molecule has 17 heavy (non-hydrogen) atoms. The van der Waals surface area contributed by atoms with Crippen molar-refractivity contribution in [2.45, 2.75) is 6.92 Å². The Bertz CT molecular complexity index is 392. The summed E-state index contributed by atoms with van der Waals surface area (Å²) in [5.41, 5.74) is 1.10. The lowest BCUT2D eigenvalue weighted by Crippen LogP contribution is -2.39. The smallest absolute Gasteiger partial charge is 0.149 e. The van der Waals surface area contributed by atoms with Gasteiger partial charge < -0.3 is 9.84 Å². The number of rotatable bonds is 3. The van der Waals surface area contributed by atoms with E-state index in [1.807, 2.05) is 18.2 Å². The van der Waals surface area contributed by atoms with E-state index in [1.165, 1.54) is 7.05 Å². The van der Waals surface area contributed by atoms with Gasteiger partial charge in [0, 0.05) is 18.9 Å². The minimum Gasteiger partial charge on any atom is -0.566 e. The molecule has 4 nitrogen and oxygen atoms in total. The van der Waals surface area contributed by atoms with Crippen molar-refractivity contribution in [1.82, 2.24) is 4.48 Å². The number of ether oxygens (including phenoxy) is 1. The molecule has 0 aliphatic carbocycles. The fourth-order valence-electron chi connectivity index (χ4n) is 1.25. The predicted molar refractivity (Wildman–Crippen MR) is 74.9 cm³/mol. The van der Waals surface area contributed by atoms with Crippen LogP contribution in [-0.2, 0) is 0 Å². The average molecular weight is 303 g/mol. The molecule has 0 heterocycles. The number of nitrogens with zero attached hydrogens (tertiary/aromatic N) is 2. The summed E-state index contributed by atoms with van der Waals surface area (Å²) in [6.07, 6.45) is -0.570. The monoisotopic (exact) mass is 302 g/mol. The molecular weight excluding hydrogens is 284 g/mol. The lowest BCUT2D eigenvalue weighted by molar-refractivity contribution is -0.240. The van der Waals surface area contributed by atoms with Gasteiger partial charge in [0.05, 0.1) is 20.6 Å². The Labute approximate surface area is 113 Å². The van der Waals surface area contributed by atoms with Crippen molar-refractivity contribution in [3.63, 3.8) is 0 Å². The van der Waals surface area contributed by atoms with Crippen molar-refractivity contribution < 1.29 is 9.84 Å². The molecule has 0 spiro atoms. The third kappa shape index (κ3) is 4.36. The van der Waals surface area contributed by atoms with E-state index < -0.39 is 6.08 Å². The first-order chi connectivity index (χ1) is 7.49. The van der Waals surface area contributed by atoms with Crippen LogP contribution in [-0.4, -0.2) is 33.8 Å². The fraction of sp³-hybridized carbons (Fsp3) is 0.417. The van der Waals surface area contributed by atoms with E-state index in [0.717, 1.165) is 16.7 Å². The van der Waals surface area contributed by atoms with E-state index in [9.17, 15) is 5.11 Å². The topological polar surface area (TPSA) is 44.6 Å². The summed E-state index contributed by atoms with van der Waals surface area (Å²) in [6, 6.07) is 7.52. The van der Waals surface area contributed by atoms with Crippen LogP contribution in [0, 0.1) is 0 Å². The van der Waals surface area contributed by atoms with E-state index in [1.54, 1.807) is 6.07 Å². The van der Waals surface area contributed by atoms with Crippen LogP contribution in [0.3, 0.4) is 0 Å². The molecule has 0 bridgehead atoms. The quantitative estimate of drug-likeness (QED) is 0.483. The van der Waals surface area contributed by atoms with Gasteiger partial charge in [0.25, 0.3) is 0 Å². The van der Waals surface area contributed by atoms with Gasteiger partial charge in [-0.15, -0.1) is 17.0 Å². The van der Waals surface area contributed by atoms with Gasteiger partial charge in [-0.25, -0.2) is 0 Å². The van der Waals surface area contributed by atoms with Crippen LogP contribution in [0.5, 0.6) is 5.75 Å². The second-order valence-corrected chi connectivity index (χ2v) is 4.09. The minimum atomic E-state index is -0.570. The zero-order chi connectivity index (χ0) is 12.2. The molecule has 96 valence electrons. The Hall–Kier alpha value is -1.07. The maximum atomic E-state index is 11.0. The van der Waals surface area contributed by atoms with E-state index in [0.29, 0.717) is 5.75 Å². The molecule has 1 aromatic carbocycles. The molecule has 0 aromatic heterocycles. The van der Waals surface area contributed by atoms with E-state index in [-0.39, 0.29) is 17.0 Å². The first kappa shape index (κ1) is 15.9. The molecule has 0 saturated heterocycles. The van der Waals surface area contributed by atoms with Crippen LogP contribution in [0.4, 0.5) is 5.69 Å². The van der Waals surface area contributed by atoms with Crippen molar-refractivity contribution >= 4 is 28.8 Å². The number of hydrogen-bond acceptors (Lipinski definition) is 3. The van der Waals surface area contributed by atoms with Crippen LogP contribution >= 0.6 is 17.0 Å².